The topological polar surface area (TPSA) is 76.2 Å². The van der Waals surface area contributed by atoms with E-state index in [2.05, 4.69) is 27.7 Å². The van der Waals surface area contributed by atoms with Crippen LogP contribution in [0.4, 0.5) is 5.69 Å². The molecule has 1 unspecified atom stereocenters. The minimum atomic E-state index is -0.881. The van der Waals surface area contributed by atoms with E-state index in [1.54, 1.807) is 35.2 Å². The molecule has 0 radical (unpaired) electrons. The number of hydrogen-bond donors (Lipinski definition) is 0. The van der Waals surface area contributed by atoms with E-state index in [-0.39, 0.29) is 48.3 Å². The first-order valence-corrected chi connectivity index (χ1v) is 11.7. The molecule has 3 aliphatic rings. The highest BCUT2D eigenvalue weighted by Gasteiger charge is 2.69. The molecule has 2 aromatic rings. The quantitative estimate of drug-likeness (QED) is 0.590. The lowest BCUT2D eigenvalue weighted by Crippen LogP contribution is -2.46. The van der Waals surface area contributed by atoms with Gasteiger partial charge >= 0.3 is 0 Å². The number of hydrogen-bond acceptors (Lipinski definition) is 5. The zero-order chi connectivity index (χ0) is 24.4. The van der Waals surface area contributed by atoms with Crippen LogP contribution >= 0.6 is 11.6 Å². The molecule has 1 atom stereocenters. The smallest absolute Gasteiger partial charge is 0.257 e. The molecular weight excluding hydrogens is 456 g/mol. The Morgan fingerprint density at radius 1 is 1.03 bits per heavy atom. The average Bonchev–Trinajstić information content (AvgIpc) is 3.15. The molecule has 178 valence electrons. The highest BCUT2D eigenvalue weighted by molar-refractivity contribution is 6.30. The number of halogens is 1. The van der Waals surface area contributed by atoms with Crippen LogP contribution in [0.5, 0.6) is 11.5 Å². The second-order valence-electron chi connectivity index (χ2n) is 10.3. The van der Waals surface area contributed by atoms with Crippen molar-refractivity contribution in [2.45, 2.75) is 46.7 Å². The fourth-order valence-corrected chi connectivity index (χ4v) is 5.40. The Labute approximate surface area is 203 Å². The summed E-state index contributed by atoms with van der Waals surface area (Å²) in [5, 5.41) is 0.511. The van der Waals surface area contributed by atoms with E-state index in [4.69, 9.17) is 21.1 Å². The fraction of sp³-hybridized carbons (Fsp3) is 0.423. The zero-order valence-corrected chi connectivity index (χ0v) is 20.4. The summed E-state index contributed by atoms with van der Waals surface area (Å²) < 4.78 is 10.9. The van der Waals surface area contributed by atoms with Gasteiger partial charge in [0.2, 0.25) is 18.6 Å². The van der Waals surface area contributed by atoms with Crippen LogP contribution in [0, 0.1) is 16.7 Å². The van der Waals surface area contributed by atoms with E-state index >= 15 is 0 Å². The fourth-order valence-electron chi connectivity index (χ4n) is 5.28. The third-order valence-electron chi connectivity index (χ3n) is 7.92. The number of nitrogens with zero attached hydrogens (tertiary/aromatic N) is 2. The first-order chi connectivity index (χ1) is 16.0. The molecule has 0 spiro atoms. The molecule has 1 saturated carbocycles. The van der Waals surface area contributed by atoms with Gasteiger partial charge in [0.1, 0.15) is 6.04 Å². The summed E-state index contributed by atoms with van der Waals surface area (Å²) in [6.45, 7) is 8.60. The van der Waals surface area contributed by atoms with Crippen LogP contribution in [-0.2, 0) is 20.9 Å². The van der Waals surface area contributed by atoms with Gasteiger partial charge in [-0.3, -0.25) is 14.4 Å². The van der Waals surface area contributed by atoms with Crippen LogP contribution in [0.15, 0.2) is 42.5 Å². The summed E-state index contributed by atoms with van der Waals surface area (Å²) in [4.78, 5) is 43.1. The molecular formula is C26H27ClN2O5. The van der Waals surface area contributed by atoms with E-state index in [9.17, 15) is 14.4 Å². The van der Waals surface area contributed by atoms with Crippen molar-refractivity contribution in [1.82, 2.24) is 4.90 Å². The summed E-state index contributed by atoms with van der Waals surface area (Å²) in [5.74, 6) is 0.145. The second kappa shape index (κ2) is 7.73. The monoisotopic (exact) mass is 482 g/mol. The number of fused-ring (bicyclic) bond motifs is 1. The number of imide groups is 1. The Hall–Kier alpha value is -3.06. The Balaban J connectivity index is 1.48. The predicted molar refractivity (Wildman–Crippen MR) is 127 cm³/mol. The van der Waals surface area contributed by atoms with Gasteiger partial charge in [0.25, 0.3) is 5.91 Å². The molecule has 5 rings (SSSR count). The zero-order valence-electron chi connectivity index (χ0n) is 19.6. The van der Waals surface area contributed by atoms with Crippen molar-refractivity contribution in [2.24, 2.45) is 16.7 Å². The third kappa shape index (κ3) is 3.45. The summed E-state index contributed by atoms with van der Waals surface area (Å²) in [5.41, 5.74) is 0.834. The molecule has 3 amide bonds. The number of benzene rings is 2. The van der Waals surface area contributed by atoms with Gasteiger partial charge in [0.05, 0.1) is 12.1 Å². The average molecular weight is 483 g/mol. The maximum Gasteiger partial charge on any atom is 0.257 e. The number of rotatable bonds is 5. The number of anilines is 1. The van der Waals surface area contributed by atoms with Crippen molar-refractivity contribution in [2.75, 3.05) is 11.7 Å². The normalized spacial score (nSPS) is 22.3. The van der Waals surface area contributed by atoms with Crippen LogP contribution in [0.3, 0.4) is 0 Å². The van der Waals surface area contributed by atoms with Crippen LogP contribution in [0.2, 0.25) is 5.02 Å². The lowest BCUT2D eigenvalue weighted by Gasteiger charge is -2.29. The lowest BCUT2D eigenvalue weighted by molar-refractivity contribution is -0.141. The standard InChI is InChI=1S/C26H27ClN2O5/c1-25(2)22(26(25,3)4)24(32)28(13-15-5-10-19-20(11-15)34-14-33-19)18-12-21(30)29(23(18)31)17-8-6-16(27)7-9-17/h5-11,18,22H,12-14H2,1-4H3. The van der Waals surface area contributed by atoms with Crippen LogP contribution < -0.4 is 14.4 Å². The van der Waals surface area contributed by atoms with Gasteiger partial charge in [0.15, 0.2) is 11.5 Å². The number of amides is 3. The van der Waals surface area contributed by atoms with E-state index in [0.717, 1.165) is 10.5 Å². The maximum atomic E-state index is 13.9. The minimum absolute atomic E-state index is 0.0642. The first kappa shape index (κ1) is 22.7. The molecule has 7 nitrogen and oxygen atoms in total. The number of carbonyl (C=O) groups excluding carboxylic acids is 3. The Bertz CT molecular complexity index is 1180. The van der Waals surface area contributed by atoms with Gasteiger partial charge in [0, 0.05) is 17.5 Å². The highest BCUT2D eigenvalue weighted by Crippen LogP contribution is 2.69. The third-order valence-corrected chi connectivity index (χ3v) is 8.18. The van der Waals surface area contributed by atoms with Crippen molar-refractivity contribution >= 4 is 35.0 Å². The largest absolute Gasteiger partial charge is 0.454 e. The summed E-state index contributed by atoms with van der Waals surface area (Å²) in [6.07, 6.45) is -0.0642. The van der Waals surface area contributed by atoms with Crippen LogP contribution in [-0.4, -0.2) is 35.5 Å². The van der Waals surface area contributed by atoms with Crippen LogP contribution in [0.25, 0.3) is 0 Å². The molecule has 2 aromatic carbocycles. The molecule has 2 fully saturated rings. The summed E-state index contributed by atoms with van der Waals surface area (Å²) >= 11 is 5.98. The minimum Gasteiger partial charge on any atom is -0.454 e. The van der Waals surface area contributed by atoms with Crippen molar-refractivity contribution in [3.05, 3.63) is 53.1 Å². The number of ether oxygens (including phenoxy) is 2. The Morgan fingerprint density at radius 2 is 1.68 bits per heavy atom. The lowest BCUT2D eigenvalue weighted by atomic mass is 10.0. The van der Waals surface area contributed by atoms with Crippen molar-refractivity contribution in [1.29, 1.82) is 0 Å². The SMILES string of the molecule is CC1(C)C(C(=O)N(Cc2ccc3c(c2)OCO3)C2CC(=O)N(c3ccc(Cl)cc3)C2=O)C1(C)C. The maximum absolute atomic E-state index is 13.9. The van der Waals surface area contributed by atoms with Crippen molar-refractivity contribution in [3.8, 4) is 11.5 Å². The first-order valence-electron chi connectivity index (χ1n) is 11.3. The van der Waals surface area contributed by atoms with Gasteiger partial charge in [-0.05, 0) is 52.8 Å². The van der Waals surface area contributed by atoms with Gasteiger partial charge in [-0.15, -0.1) is 0 Å². The van der Waals surface area contributed by atoms with Crippen molar-refractivity contribution < 1.29 is 23.9 Å². The summed E-state index contributed by atoms with van der Waals surface area (Å²) in [7, 11) is 0. The highest BCUT2D eigenvalue weighted by atomic mass is 35.5. The van der Waals surface area contributed by atoms with E-state index in [0.29, 0.717) is 22.2 Å². The molecule has 2 heterocycles. The van der Waals surface area contributed by atoms with E-state index in [1.807, 2.05) is 12.1 Å². The predicted octanol–water partition coefficient (Wildman–Crippen LogP) is 4.41. The van der Waals surface area contributed by atoms with E-state index in [1.165, 1.54) is 0 Å². The Morgan fingerprint density at radius 3 is 2.32 bits per heavy atom. The molecule has 1 aliphatic carbocycles. The molecule has 0 N–H and O–H groups in total. The van der Waals surface area contributed by atoms with Crippen molar-refractivity contribution in [3.63, 3.8) is 0 Å². The van der Waals surface area contributed by atoms with E-state index < -0.39 is 11.9 Å². The van der Waals surface area contributed by atoms with Gasteiger partial charge < -0.3 is 14.4 Å². The molecule has 0 aromatic heterocycles. The summed E-state index contributed by atoms with van der Waals surface area (Å²) in [6, 6.07) is 11.1. The van der Waals surface area contributed by atoms with Gasteiger partial charge in [-0.25, -0.2) is 4.90 Å². The van der Waals surface area contributed by atoms with Crippen LogP contribution in [0.1, 0.15) is 39.7 Å². The molecule has 34 heavy (non-hydrogen) atoms. The second-order valence-corrected chi connectivity index (χ2v) is 10.7. The molecule has 2 aliphatic heterocycles. The van der Waals surface area contributed by atoms with Gasteiger partial charge in [-0.1, -0.05) is 45.4 Å². The molecule has 1 saturated heterocycles. The Kier molecular flexibility index (Phi) is 5.17. The molecule has 0 bridgehead atoms. The number of carbonyl (C=O) groups is 3. The molecule has 8 heteroatoms. The van der Waals surface area contributed by atoms with Gasteiger partial charge in [-0.2, -0.15) is 0 Å².